The first-order valence-corrected chi connectivity index (χ1v) is 11.9. The van der Waals surface area contributed by atoms with Crippen molar-refractivity contribution in [2.24, 2.45) is 5.92 Å². The zero-order valence-corrected chi connectivity index (χ0v) is 18.1. The lowest BCUT2D eigenvalue weighted by atomic mass is 9.86. The molecule has 1 heterocycles. The summed E-state index contributed by atoms with van der Waals surface area (Å²) in [5.41, 5.74) is 1.85. The molecule has 156 valence electrons. The summed E-state index contributed by atoms with van der Waals surface area (Å²) in [7, 11) is -3.47. The van der Waals surface area contributed by atoms with Gasteiger partial charge in [-0.25, -0.2) is 8.42 Å². The molecular weight excluding hydrogens is 374 g/mol. The van der Waals surface area contributed by atoms with Crippen molar-refractivity contribution in [1.82, 2.24) is 9.62 Å². The first-order chi connectivity index (χ1) is 13.3. The van der Waals surface area contributed by atoms with Crippen LogP contribution in [-0.4, -0.2) is 57.4 Å². The second kappa shape index (κ2) is 8.93. The standard InChI is InChI=1S/C21H33N3O3S/c1-16-8-9-20(18(3)14-16)28(26,27)24-12-10-23(11-13-24)15-21(25)22-19-7-5-4-6-17(19)2/h8-9,14,17,19H,4-7,10-13,15H2,1-3H3,(H,22,25)/p+1/t17-,19-/m1/s1. The number of carbonyl (C=O) groups is 1. The van der Waals surface area contributed by atoms with E-state index in [1.165, 1.54) is 19.3 Å². The van der Waals surface area contributed by atoms with Crippen LogP contribution >= 0.6 is 0 Å². The Kier molecular flexibility index (Phi) is 6.78. The SMILES string of the molecule is Cc1ccc(S(=O)(=O)N2CC[NH+](CC(=O)N[C@@H]3CCCC[C@H]3C)CC2)c(C)c1. The Morgan fingerprint density at radius 3 is 2.50 bits per heavy atom. The smallest absolute Gasteiger partial charge is 0.275 e. The van der Waals surface area contributed by atoms with Crippen LogP contribution in [0.2, 0.25) is 0 Å². The van der Waals surface area contributed by atoms with E-state index in [0.29, 0.717) is 49.6 Å². The molecule has 1 aromatic carbocycles. The molecule has 0 radical (unpaired) electrons. The fourth-order valence-corrected chi connectivity index (χ4v) is 6.11. The number of nitrogens with zero attached hydrogens (tertiary/aromatic N) is 1. The van der Waals surface area contributed by atoms with Gasteiger partial charge in [-0.3, -0.25) is 4.79 Å². The Morgan fingerprint density at radius 1 is 1.18 bits per heavy atom. The Morgan fingerprint density at radius 2 is 1.86 bits per heavy atom. The normalized spacial score (nSPS) is 24.8. The minimum absolute atomic E-state index is 0.0967. The number of aryl methyl sites for hydroxylation is 2. The van der Waals surface area contributed by atoms with Crippen molar-refractivity contribution in [3.63, 3.8) is 0 Å². The molecule has 3 rings (SSSR count). The number of benzene rings is 1. The maximum Gasteiger partial charge on any atom is 0.275 e. The highest BCUT2D eigenvalue weighted by Crippen LogP contribution is 2.23. The summed E-state index contributed by atoms with van der Waals surface area (Å²) in [5.74, 6) is 0.645. The van der Waals surface area contributed by atoms with Gasteiger partial charge in [-0.05, 0) is 44.2 Å². The highest BCUT2D eigenvalue weighted by Gasteiger charge is 2.32. The number of hydrogen-bond donors (Lipinski definition) is 2. The number of quaternary nitrogens is 1. The van der Waals surface area contributed by atoms with Crippen LogP contribution in [0.25, 0.3) is 0 Å². The van der Waals surface area contributed by atoms with Crippen LogP contribution in [0.3, 0.4) is 0 Å². The van der Waals surface area contributed by atoms with Gasteiger partial charge in [-0.15, -0.1) is 0 Å². The number of carbonyl (C=O) groups excluding carboxylic acids is 1. The molecule has 1 aromatic rings. The van der Waals surface area contributed by atoms with E-state index in [1.807, 2.05) is 26.0 Å². The molecule has 0 bridgehead atoms. The second-order valence-corrected chi connectivity index (χ2v) is 10.4. The van der Waals surface area contributed by atoms with Gasteiger partial charge in [0.25, 0.3) is 5.91 Å². The maximum absolute atomic E-state index is 13.0. The summed E-state index contributed by atoms with van der Waals surface area (Å²) in [6.07, 6.45) is 4.71. The van der Waals surface area contributed by atoms with Crippen molar-refractivity contribution in [1.29, 1.82) is 0 Å². The fourth-order valence-electron chi connectivity index (χ4n) is 4.46. The molecule has 2 aliphatic rings. The molecule has 1 amide bonds. The number of piperazine rings is 1. The quantitative estimate of drug-likeness (QED) is 0.760. The molecule has 2 atom stereocenters. The Balaban J connectivity index is 1.53. The number of hydrogen-bond acceptors (Lipinski definition) is 3. The lowest BCUT2D eigenvalue weighted by Crippen LogP contribution is -3.15. The van der Waals surface area contributed by atoms with Crippen LogP contribution in [0.1, 0.15) is 43.7 Å². The number of amides is 1. The molecule has 0 unspecified atom stereocenters. The molecule has 1 saturated carbocycles. The van der Waals surface area contributed by atoms with Crippen LogP contribution in [0.5, 0.6) is 0 Å². The minimum Gasteiger partial charge on any atom is -0.348 e. The van der Waals surface area contributed by atoms with Crippen molar-refractivity contribution in [3.8, 4) is 0 Å². The average molecular weight is 409 g/mol. The van der Waals surface area contributed by atoms with E-state index in [-0.39, 0.29) is 5.91 Å². The Bertz CT molecular complexity index is 801. The zero-order chi connectivity index (χ0) is 20.3. The lowest BCUT2D eigenvalue weighted by Gasteiger charge is -2.33. The Labute approximate surface area is 169 Å². The molecule has 6 nitrogen and oxygen atoms in total. The summed E-state index contributed by atoms with van der Waals surface area (Å²) < 4.78 is 27.5. The zero-order valence-electron chi connectivity index (χ0n) is 17.3. The first kappa shape index (κ1) is 21.3. The highest BCUT2D eigenvalue weighted by molar-refractivity contribution is 7.89. The summed E-state index contributed by atoms with van der Waals surface area (Å²) in [6, 6.07) is 5.76. The van der Waals surface area contributed by atoms with Gasteiger partial charge in [-0.1, -0.05) is 37.5 Å². The molecule has 2 N–H and O–H groups in total. The van der Waals surface area contributed by atoms with Crippen molar-refractivity contribution >= 4 is 15.9 Å². The largest absolute Gasteiger partial charge is 0.348 e. The van der Waals surface area contributed by atoms with Gasteiger partial charge >= 0.3 is 0 Å². The fraction of sp³-hybridized carbons (Fsp3) is 0.667. The number of nitrogens with one attached hydrogen (secondary N) is 2. The molecular formula is C21H34N3O3S+. The molecule has 28 heavy (non-hydrogen) atoms. The van der Waals surface area contributed by atoms with Gasteiger partial charge in [0.15, 0.2) is 6.54 Å². The summed E-state index contributed by atoms with van der Waals surface area (Å²) in [4.78, 5) is 14.0. The van der Waals surface area contributed by atoms with Crippen LogP contribution in [-0.2, 0) is 14.8 Å². The van der Waals surface area contributed by atoms with E-state index < -0.39 is 10.0 Å². The summed E-state index contributed by atoms with van der Waals surface area (Å²) in [6.45, 7) is 8.70. The van der Waals surface area contributed by atoms with E-state index in [1.54, 1.807) is 10.4 Å². The van der Waals surface area contributed by atoms with E-state index in [0.717, 1.165) is 22.4 Å². The van der Waals surface area contributed by atoms with Crippen LogP contribution in [0.4, 0.5) is 0 Å². The van der Waals surface area contributed by atoms with Gasteiger partial charge in [0.1, 0.15) is 0 Å². The maximum atomic E-state index is 13.0. The summed E-state index contributed by atoms with van der Waals surface area (Å²) in [5, 5.41) is 3.20. The molecule has 1 aliphatic heterocycles. The number of rotatable bonds is 5. The minimum atomic E-state index is -3.47. The van der Waals surface area contributed by atoms with Crippen LogP contribution < -0.4 is 10.2 Å². The first-order valence-electron chi connectivity index (χ1n) is 10.5. The van der Waals surface area contributed by atoms with Crippen molar-refractivity contribution < 1.29 is 18.1 Å². The van der Waals surface area contributed by atoms with Gasteiger partial charge in [0.05, 0.1) is 31.1 Å². The lowest BCUT2D eigenvalue weighted by molar-refractivity contribution is -0.895. The summed E-state index contributed by atoms with van der Waals surface area (Å²) >= 11 is 0. The molecule has 2 fully saturated rings. The van der Waals surface area contributed by atoms with Gasteiger partial charge in [0.2, 0.25) is 10.0 Å². The second-order valence-electron chi connectivity index (χ2n) is 8.54. The van der Waals surface area contributed by atoms with E-state index in [4.69, 9.17) is 0 Å². The topological polar surface area (TPSA) is 70.9 Å². The highest BCUT2D eigenvalue weighted by atomic mass is 32.2. The van der Waals surface area contributed by atoms with Crippen LogP contribution in [0, 0.1) is 19.8 Å². The van der Waals surface area contributed by atoms with Gasteiger partial charge in [-0.2, -0.15) is 4.31 Å². The van der Waals surface area contributed by atoms with Crippen molar-refractivity contribution in [3.05, 3.63) is 29.3 Å². The van der Waals surface area contributed by atoms with Gasteiger partial charge < -0.3 is 10.2 Å². The molecule has 0 aromatic heterocycles. The van der Waals surface area contributed by atoms with Gasteiger partial charge in [0, 0.05) is 6.04 Å². The van der Waals surface area contributed by atoms with Crippen molar-refractivity contribution in [2.45, 2.75) is 57.4 Å². The molecule has 1 aliphatic carbocycles. The Hall–Kier alpha value is -1.44. The van der Waals surface area contributed by atoms with Crippen molar-refractivity contribution in [2.75, 3.05) is 32.7 Å². The third-order valence-corrected chi connectivity index (χ3v) is 8.31. The average Bonchev–Trinajstić information content (AvgIpc) is 2.64. The third-order valence-electron chi connectivity index (χ3n) is 6.25. The molecule has 0 spiro atoms. The van der Waals surface area contributed by atoms with E-state index in [9.17, 15) is 13.2 Å². The monoisotopic (exact) mass is 408 g/mol. The van der Waals surface area contributed by atoms with Crippen LogP contribution in [0.15, 0.2) is 23.1 Å². The predicted octanol–water partition coefficient (Wildman–Crippen LogP) is 0.888. The van der Waals surface area contributed by atoms with E-state index in [2.05, 4.69) is 12.2 Å². The predicted molar refractivity (Wildman–Crippen MR) is 110 cm³/mol. The molecule has 1 saturated heterocycles. The number of sulfonamides is 1. The molecule has 7 heteroatoms. The van der Waals surface area contributed by atoms with E-state index >= 15 is 0 Å². The third kappa shape index (κ3) is 4.93.